The molecule has 0 spiro atoms. The zero-order valence-electron chi connectivity index (χ0n) is 15.1. The van der Waals surface area contributed by atoms with Gasteiger partial charge in [-0.05, 0) is 43.3 Å². The fourth-order valence-corrected chi connectivity index (χ4v) is 3.46. The second-order valence-corrected chi connectivity index (χ2v) is 8.09. The second kappa shape index (κ2) is 7.82. The van der Waals surface area contributed by atoms with Crippen LogP contribution in [0.4, 0.5) is 17.2 Å². The molecular weight excluding hydrogens is 352 g/mol. The fourth-order valence-electron chi connectivity index (χ4n) is 2.88. The highest BCUT2D eigenvalue weighted by molar-refractivity contribution is 7.92. The van der Waals surface area contributed by atoms with Gasteiger partial charge in [-0.1, -0.05) is 0 Å². The lowest BCUT2D eigenvalue weighted by atomic mass is 10.2. The summed E-state index contributed by atoms with van der Waals surface area (Å²) in [7, 11) is -1.63. The van der Waals surface area contributed by atoms with Crippen LogP contribution in [-0.2, 0) is 10.0 Å². The maximum absolute atomic E-state index is 11.6. The third-order valence-corrected chi connectivity index (χ3v) is 5.75. The molecule has 0 saturated carbocycles. The molecule has 0 aliphatic carbocycles. The average molecular weight is 376 g/mol. The van der Waals surface area contributed by atoms with E-state index in [1.54, 1.807) is 26.3 Å². The first-order chi connectivity index (χ1) is 12.5. The van der Waals surface area contributed by atoms with E-state index < -0.39 is 10.0 Å². The summed E-state index contributed by atoms with van der Waals surface area (Å²) in [4.78, 5) is 8.82. The lowest BCUT2D eigenvalue weighted by molar-refractivity contribution is 0.415. The average Bonchev–Trinajstić information content (AvgIpc) is 2.68. The zero-order chi connectivity index (χ0) is 18.6. The smallest absolute Gasteiger partial charge is 0.233 e. The Labute approximate surface area is 154 Å². The molecule has 1 saturated heterocycles. The maximum atomic E-state index is 11.6. The molecule has 1 fully saturated rings. The van der Waals surface area contributed by atoms with Crippen molar-refractivity contribution in [1.29, 1.82) is 0 Å². The minimum Gasteiger partial charge on any atom is -0.497 e. The van der Waals surface area contributed by atoms with E-state index in [1.165, 1.54) is 5.69 Å². The summed E-state index contributed by atoms with van der Waals surface area (Å²) in [6.07, 6.45) is 1.72. The van der Waals surface area contributed by atoms with Crippen LogP contribution in [0.3, 0.4) is 0 Å². The predicted molar refractivity (Wildman–Crippen MR) is 105 cm³/mol. The maximum Gasteiger partial charge on any atom is 0.233 e. The molecule has 3 rings (SSSR count). The number of sulfonamides is 1. The monoisotopic (exact) mass is 376 g/mol. The van der Waals surface area contributed by atoms with Crippen LogP contribution in [0.25, 0.3) is 0 Å². The number of ether oxygens (including phenoxy) is 1. The minimum atomic E-state index is -3.29. The van der Waals surface area contributed by atoms with E-state index in [4.69, 9.17) is 4.74 Å². The van der Waals surface area contributed by atoms with Gasteiger partial charge >= 0.3 is 0 Å². The number of aromatic nitrogens is 1. The molecule has 0 atom stereocenters. The van der Waals surface area contributed by atoms with Crippen molar-refractivity contribution < 1.29 is 13.2 Å². The van der Waals surface area contributed by atoms with Crippen molar-refractivity contribution in [3.8, 4) is 5.75 Å². The third-order valence-electron chi connectivity index (χ3n) is 4.47. The molecule has 7 nitrogen and oxygen atoms in total. The van der Waals surface area contributed by atoms with Gasteiger partial charge in [0.25, 0.3) is 0 Å². The number of rotatable bonds is 6. The van der Waals surface area contributed by atoms with Gasteiger partial charge in [0.2, 0.25) is 10.0 Å². The first-order valence-corrected chi connectivity index (χ1v) is 10.3. The summed E-state index contributed by atoms with van der Waals surface area (Å²) in [6, 6.07) is 11.7. The lowest BCUT2D eigenvalue weighted by Gasteiger charge is -2.37. The van der Waals surface area contributed by atoms with Gasteiger partial charge in [0.15, 0.2) is 0 Å². The van der Waals surface area contributed by atoms with Gasteiger partial charge in [0.1, 0.15) is 11.6 Å². The van der Waals surface area contributed by atoms with Crippen LogP contribution in [0.2, 0.25) is 0 Å². The van der Waals surface area contributed by atoms with Gasteiger partial charge in [0.05, 0.1) is 24.7 Å². The van der Waals surface area contributed by atoms with Gasteiger partial charge in [0, 0.05) is 31.9 Å². The number of hydrogen-bond donors (Lipinski definition) is 1. The molecule has 26 heavy (non-hydrogen) atoms. The molecule has 1 N–H and O–H groups in total. The summed E-state index contributed by atoms with van der Waals surface area (Å²) in [5, 5.41) is 0. The van der Waals surface area contributed by atoms with Crippen molar-refractivity contribution in [3.63, 3.8) is 0 Å². The zero-order valence-corrected chi connectivity index (χ0v) is 15.9. The molecule has 0 bridgehead atoms. The summed E-state index contributed by atoms with van der Waals surface area (Å²) in [5.74, 6) is 1.24. The minimum absolute atomic E-state index is 0.0315. The molecule has 1 aromatic heterocycles. The number of hydrogen-bond acceptors (Lipinski definition) is 6. The Morgan fingerprint density at radius 1 is 1.00 bits per heavy atom. The van der Waals surface area contributed by atoms with E-state index in [0.29, 0.717) is 5.82 Å². The molecule has 2 aromatic rings. The Morgan fingerprint density at radius 2 is 1.58 bits per heavy atom. The SMILES string of the molecule is CCS(=O)(=O)Nc1ccc(N2CCN(c3ccc(OC)cc3)CC2)cn1. The highest BCUT2D eigenvalue weighted by Gasteiger charge is 2.18. The first-order valence-electron chi connectivity index (χ1n) is 8.61. The molecule has 0 unspecified atom stereocenters. The van der Waals surface area contributed by atoms with E-state index in [9.17, 15) is 8.42 Å². The third kappa shape index (κ3) is 4.37. The molecule has 1 aliphatic heterocycles. The number of methoxy groups -OCH3 is 1. The van der Waals surface area contributed by atoms with E-state index in [2.05, 4.69) is 31.6 Å². The topological polar surface area (TPSA) is 74.8 Å². The second-order valence-electron chi connectivity index (χ2n) is 6.08. The molecule has 1 aliphatic rings. The fraction of sp³-hybridized carbons (Fsp3) is 0.389. The van der Waals surface area contributed by atoms with E-state index in [1.807, 2.05) is 18.2 Å². The van der Waals surface area contributed by atoms with Crippen LogP contribution < -0.4 is 19.3 Å². The Balaban J connectivity index is 1.59. The highest BCUT2D eigenvalue weighted by atomic mass is 32.2. The predicted octanol–water partition coefficient (Wildman–Crippen LogP) is 2.18. The number of nitrogens with zero attached hydrogens (tertiary/aromatic N) is 3. The van der Waals surface area contributed by atoms with E-state index >= 15 is 0 Å². The Hall–Kier alpha value is -2.48. The summed E-state index contributed by atoms with van der Waals surface area (Å²) in [6.45, 7) is 5.19. The Bertz CT molecular complexity index is 815. The van der Waals surface area contributed by atoms with Gasteiger partial charge in [-0.25, -0.2) is 13.4 Å². The van der Waals surface area contributed by atoms with Crippen LogP contribution in [0.1, 0.15) is 6.92 Å². The molecule has 8 heteroatoms. The highest BCUT2D eigenvalue weighted by Crippen LogP contribution is 2.23. The molecular formula is C18H24N4O3S. The summed E-state index contributed by atoms with van der Waals surface area (Å²) in [5.41, 5.74) is 2.19. The van der Waals surface area contributed by atoms with E-state index in [-0.39, 0.29) is 5.75 Å². The molecule has 0 amide bonds. The Morgan fingerprint density at radius 3 is 2.08 bits per heavy atom. The summed E-state index contributed by atoms with van der Waals surface area (Å²) >= 11 is 0. The molecule has 2 heterocycles. The van der Waals surface area contributed by atoms with Crippen LogP contribution in [0.5, 0.6) is 5.75 Å². The van der Waals surface area contributed by atoms with Gasteiger partial charge < -0.3 is 14.5 Å². The number of pyridine rings is 1. The van der Waals surface area contributed by atoms with Gasteiger partial charge in [-0.3, -0.25) is 4.72 Å². The number of piperazine rings is 1. The van der Waals surface area contributed by atoms with Crippen LogP contribution in [-0.4, -0.2) is 52.4 Å². The normalized spacial score (nSPS) is 15.0. The van der Waals surface area contributed by atoms with Crippen molar-refractivity contribution in [2.24, 2.45) is 0 Å². The number of benzene rings is 1. The van der Waals surface area contributed by atoms with Crippen molar-refractivity contribution in [3.05, 3.63) is 42.6 Å². The largest absolute Gasteiger partial charge is 0.497 e. The quantitative estimate of drug-likeness (QED) is 0.833. The number of nitrogens with one attached hydrogen (secondary N) is 1. The van der Waals surface area contributed by atoms with Crippen LogP contribution in [0.15, 0.2) is 42.6 Å². The van der Waals surface area contributed by atoms with Crippen LogP contribution in [0, 0.1) is 0 Å². The molecule has 1 aromatic carbocycles. The van der Waals surface area contributed by atoms with Gasteiger partial charge in [-0.15, -0.1) is 0 Å². The van der Waals surface area contributed by atoms with Gasteiger partial charge in [-0.2, -0.15) is 0 Å². The van der Waals surface area contributed by atoms with Crippen molar-refractivity contribution >= 4 is 27.2 Å². The summed E-state index contributed by atoms with van der Waals surface area (Å²) < 4.78 is 30.8. The van der Waals surface area contributed by atoms with Crippen molar-refractivity contribution in [2.75, 3.05) is 53.6 Å². The molecule has 0 radical (unpaired) electrons. The first kappa shape index (κ1) is 18.3. The van der Waals surface area contributed by atoms with Crippen molar-refractivity contribution in [1.82, 2.24) is 4.98 Å². The lowest BCUT2D eigenvalue weighted by Crippen LogP contribution is -2.46. The molecule has 140 valence electrons. The van der Waals surface area contributed by atoms with Crippen molar-refractivity contribution in [2.45, 2.75) is 6.92 Å². The van der Waals surface area contributed by atoms with E-state index in [0.717, 1.165) is 37.6 Å². The number of anilines is 3. The Kier molecular flexibility index (Phi) is 5.51. The van der Waals surface area contributed by atoms with Crippen LogP contribution >= 0.6 is 0 Å². The standard InChI is InChI=1S/C18H24N4O3S/c1-3-26(23,24)20-18-9-6-16(14-19-18)22-12-10-21(11-13-22)15-4-7-17(25-2)8-5-15/h4-9,14H,3,10-13H2,1-2H3,(H,19,20).